The van der Waals surface area contributed by atoms with Crippen molar-refractivity contribution < 1.29 is 14.6 Å². The van der Waals surface area contributed by atoms with E-state index in [4.69, 9.17) is 15.2 Å². The van der Waals surface area contributed by atoms with Crippen molar-refractivity contribution in [2.75, 3.05) is 27.8 Å². The zero-order valence-electron chi connectivity index (χ0n) is 11.1. The lowest BCUT2D eigenvalue weighted by Crippen LogP contribution is -2.34. The van der Waals surface area contributed by atoms with Gasteiger partial charge in [0.15, 0.2) is 11.5 Å². The summed E-state index contributed by atoms with van der Waals surface area (Å²) in [6, 6.07) is 5.32. The summed E-state index contributed by atoms with van der Waals surface area (Å²) in [6.45, 7) is 0.524. The average molecular weight is 254 g/mol. The number of nitrogens with one attached hydrogen (secondary N) is 1. The molecular formula is C13H22N2O3. The van der Waals surface area contributed by atoms with Crippen LogP contribution in [0.25, 0.3) is 0 Å². The van der Waals surface area contributed by atoms with Gasteiger partial charge in [0.1, 0.15) is 0 Å². The highest BCUT2D eigenvalue weighted by atomic mass is 16.5. The SMILES string of the molecule is CNC(CCN)C(O)c1ccc(OC)c(OC)c1. The molecule has 5 nitrogen and oxygen atoms in total. The minimum Gasteiger partial charge on any atom is -0.493 e. The van der Waals surface area contributed by atoms with Crippen LogP contribution in [0.15, 0.2) is 18.2 Å². The molecule has 0 aromatic heterocycles. The number of hydrogen-bond donors (Lipinski definition) is 3. The Hall–Kier alpha value is -1.30. The molecule has 4 N–H and O–H groups in total. The molecule has 0 saturated heterocycles. The van der Waals surface area contributed by atoms with Gasteiger partial charge >= 0.3 is 0 Å². The molecule has 1 aromatic rings. The smallest absolute Gasteiger partial charge is 0.161 e. The number of rotatable bonds is 7. The summed E-state index contributed by atoms with van der Waals surface area (Å²) < 4.78 is 10.4. The van der Waals surface area contributed by atoms with E-state index in [1.165, 1.54) is 0 Å². The van der Waals surface area contributed by atoms with E-state index in [1.807, 2.05) is 13.1 Å². The summed E-state index contributed by atoms with van der Waals surface area (Å²) in [5, 5.41) is 13.3. The van der Waals surface area contributed by atoms with E-state index < -0.39 is 6.10 Å². The molecule has 18 heavy (non-hydrogen) atoms. The minimum atomic E-state index is -0.627. The van der Waals surface area contributed by atoms with Crippen LogP contribution in [0.2, 0.25) is 0 Å². The number of likely N-dealkylation sites (N-methyl/N-ethyl adjacent to an activating group) is 1. The summed E-state index contributed by atoms with van der Waals surface area (Å²) >= 11 is 0. The van der Waals surface area contributed by atoms with E-state index in [-0.39, 0.29) is 6.04 Å². The molecule has 2 unspecified atom stereocenters. The summed E-state index contributed by atoms with van der Waals surface area (Å²) in [5.41, 5.74) is 6.30. The molecule has 0 heterocycles. The summed E-state index contributed by atoms with van der Waals surface area (Å²) in [5.74, 6) is 1.25. The fraction of sp³-hybridized carbons (Fsp3) is 0.538. The Balaban J connectivity index is 2.94. The predicted octanol–water partition coefficient (Wildman–Crippen LogP) is 0.674. The number of benzene rings is 1. The maximum Gasteiger partial charge on any atom is 0.161 e. The van der Waals surface area contributed by atoms with Gasteiger partial charge in [-0.15, -0.1) is 0 Å². The highest BCUT2D eigenvalue weighted by Crippen LogP contribution is 2.31. The third kappa shape index (κ3) is 3.35. The Morgan fingerprint density at radius 3 is 2.44 bits per heavy atom. The zero-order valence-corrected chi connectivity index (χ0v) is 11.1. The van der Waals surface area contributed by atoms with Gasteiger partial charge in [0, 0.05) is 6.04 Å². The summed E-state index contributed by atoms with van der Waals surface area (Å²) in [4.78, 5) is 0. The normalized spacial score (nSPS) is 14.1. The molecule has 0 bridgehead atoms. The van der Waals surface area contributed by atoms with Crippen LogP contribution in [0.4, 0.5) is 0 Å². The first-order chi connectivity index (χ1) is 8.67. The third-order valence-corrected chi connectivity index (χ3v) is 2.98. The van der Waals surface area contributed by atoms with Crippen molar-refractivity contribution in [3.8, 4) is 11.5 Å². The van der Waals surface area contributed by atoms with Gasteiger partial charge in [0.2, 0.25) is 0 Å². The predicted molar refractivity (Wildman–Crippen MR) is 71.0 cm³/mol. The maximum atomic E-state index is 10.3. The third-order valence-electron chi connectivity index (χ3n) is 2.98. The van der Waals surface area contributed by atoms with Gasteiger partial charge in [-0.05, 0) is 37.7 Å². The molecule has 2 atom stereocenters. The summed E-state index contributed by atoms with van der Waals surface area (Å²) in [7, 11) is 4.96. The lowest BCUT2D eigenvalue weighted by atomic mass is 9.99. The molecule has 0 aliphatic heterocycles. The Kier molecular flexibility index (Phi) is 5.91. The second kappa shape index (κ2) is 7.20. The molecule has 0 radical (unpaired) electrons. The molecule has 0 amide bonds. The first kappa shape index (κ1) is 14.8. The summed E-state index contributed by atoms with van der Waals surface area (Å²) in [6.07, 6.45) is 0.0739. The van der Waals surface area contributed by atoms with Crippen LogP contribution in [-0.4, -0.2) is 39.0 Å². The van der Waals surface area contributed by atoms with Gasteiger partial charge < -0.3 is 25.6 Å². The van der Waals surface area contributed by atoms with Gasteiger partial charge in [0.05, 0.1) is 20.3 Å². The number of aliphatic hydroxyl groups excluding tert-OH is 1. The van der Waals surface area contributed by atoms with Crippen molar-refractivity contribution >= 4 is 0 Å². The Labute approximate surface area is 108 Å². The van der Waals surface area contributed by atoms with Gasteiger partial charge in [-0.2, -0.15) is 0 Å². The number of hydrogen-bond acceptors (Lipinski definition) is 5. The quantitative estimate of drug-likeness (QED) is 0.667. The van der Waals surface area contributed by atoms with Gasteiger partial charge in [-0.25, -0.2) is 0 Å². The van der Waals surface area contributed by atoms with Crippen molar-refractivity contribution in [3.05, 3.63) is 23.8 Å². The second-order valence-corrected chi connectivity index (χ2v) is 4.03. The fourth-order valence-electron chi connectivity index (χ4n) is 1.91. The van der Waals surface area contributed by atoms with Crippen LogP contribution in [0.5, 0.6) is 11.5 Å². The first-order valence-corrected chi connectivity index (χ1v) is 5.95. The highest BCUT2D eigenvalue weighted by Gasteiger charge is 2.19. The van der Waals surface area contributed by atoms with Crippen LogP contribution in [0.3, 0.4) is 0 Å². The number of methoxy groups -OCH3 is 2. The van der Waals surface area contributed by atoms with Crippen LogP contribution in [0, 0.1) is 0 Å². The van der Waals surface area contributed by atoms with E-state index in [2.05, 4.69) is 5.32 Å². The molecule has 0 spiro atoms. The van der Waals surface area contributed by atoms with Crippen molar-refractivity contribution in [2.24, 2.45) is 5.73 Å². The standard InChI is InChI=1S/C13H22N2O3/c1-15-10(6-7-14)13(16)9-4-5-11(17-2)12(8-9)18-3/h4-5,8,10,13,15-16H,6-7,14H2,1-3H3. The number of aliphatic hydroxyl groups is 1. The lowest BCUT2D eigenvalue weighted by molar-refractivity contribution is 0.128. The topological polar surface area (TPSA) is 76.7 Å². The molecule has 102 valence electrons. The second-order valence-electron chi connectivity index (χ2n) is 4.03. The van der Waals surface area contributed by atoms with Crippen molar-refractivity contribution in [2.45, 2.75) is 18.6 Å². The number of nitrogens with two attached hydrogens (primary N) is 1. The molecule has 1 rings (SSSR count). The van der Waals surface area contributed by atoms with E-state index in [9.17, 15) is 5.11 Å². The van der Waals surface area contributed by atoms with E-state index in [0.717, 1.165) is 5.56 Å². The van der Waals surface area contributed by atoms with Crippen LogP contribution < -0.4 is 20.5 Å². The maximum absolute atomic E-state index is 10.3. The van der Waals surface area contributed by atoms with E-state index in [1.54, 1.807) is 26.4 Å². The largest absolute Gasteiger partial charge is 0.493 e. The Bertz CT molecular complexity index is 371. The van der Waals surface area contributed by atoms with E-state index in [0.29, 0.717) is 24.5 Å². The van der Waals surface area contributed by atoms with E-state index >= 15 is 0 Å². The molecule has 0 aliphatic carbocycles. The molecule has 0 fully saturated rings. The van der Waals surface area contributed by atoms with Crippen molar-refractivity contribution in [3.63, 3.8) is 0 Å². The van der Waals surface area contributed by atoms with Gasteiger partial charge in [-0.1, -0.05) is 6.07 Å². The molecule has 1 aromatic carbocycles. The van der Waals surface area contributed by atoms with Gasteiger partial charge in [0.25, 0.3) is 0 Å². The van der Waals surface area contributed by atoms with Crippen molar-refractivity contribution in [1.82, 2.24) is 5.32 Å². The zero-order chi connectivity index (χ0) is 13.5. The Morgan fingerprint density at radius 2 is 1.94 bits per heavy atom. The molecular weight excluding hydrogens is 232 g/mol. The first-order valence-electron chi connectivity index (χ1n) is 5.95. The highest BCUT2D eigenvalue weighted by molar-refractivity contribution is 5.43. The fourth-order valence-corrected chi connectivity index (χ4v) is 1.91. The van der Waals surface area contributed by atoms with Crippen LogP contribution in [-0.2, 0) is 0 Å². The lowest BCUT2D eigenvalue weighted by Gasteiger charge is -2.23. The van der Waals surface area contributed by atoms with Crippen molar-refractivity contribution in [1.29, 1.82) is 0 Å². The Morgan fingerprint density at radius 1 is 1.28 bits per heavy atom. The molecule has 0 aliphatic rings. The number of ether oxygens (including phenoxy) is 2. The monoisotopic (exact) mass is 254 g/mol. The minimum absolute atomic E-state index is 0.0758. The van der Waals surface area contributed by atoms with Crippen LogP contribution >= 0.6 is 0 Å². The molecule has 0 saturated carbocycles. The average Bonchev–Trinajstić information content (AvgIpc) is 2.43. The van der Waals surface area contributed by atoms with Crippen LogP contribution in [0.1, 0.15) is 18.1 Å². The molecule has 5 heteroatoms. The van der Waals surface area contributed by atoms with Gasteiger partial charge in [-0.3, -0.25) is 0 Å².